The van der Waals surface area contributed by atoms with Crippen molar-refractivity contribution in [3.05, 3.63) is 0 Å². The molecule has 2 unspecified atom stereocenters. The molecule has 1 heterocycles. The maximum atomic E-state index is 11.4. The SMILES string of the molecule is CC(CCCNC(=O)NCC1CCCS1)C(=O)O. The van der Waals surface area contributed by atoms with Gasteiger partial charge < -0.3 is 15.7 Å². The number of rotatable bonds is 7. The summed E-state index contributed by atoms with van der Waals surface area (Å²) < 4.78 is 0. The Morgan fingerprint density at radius 3 is 2.83 bits per heavy atom. The summed E-state index contributed by atoms with van der Waals surface area (Å²) in [5.74, 6) is 0.0728. The Hall–Kier alpha value is -0.910. The van der Waals surface area contributed by atoms with Crippen LogP contribution in [0.2, 0.25) is 0 Å². The molecule has 0 aromatic carbocycles. The first-order valence-electron chi connectivity index (χ1n) is 6.45. The van der Waals surface area contributed by atoms with Crippen LogP contribution in [0.5, 0.6) is 0 Å². The van der Waals surface area contributed by atoms with Crippen LogP contribution < -0.4 is 10.6 Å². The molecule has 6 heteroatoms. The van der Waals surface area contributed by atoms with Crippen LogP contribution in [0.3, 0.4) is 0 Å². The summed E-state index contributed by atoms with van der Waals surface area (Å²) in [4.78, 5) is 22.0. The molecule has 1 rings (SSSR count). The summed E-state index contributed by atoms with van der Waals surface area (Å²) in [7, 11) is 0. The molecule has 1 fully saturated rings. The van der Waals surface area contributed by atoms with E-state index in [2.05, 4.69) is 10.6 Å². The van der Waals surface area contributed by atoms with Gasteiger partial charge in [-0.1, -0.05) is 6.92 Å². The quantitative estimate of drug-likeness (QED) is 0.617. The Morgan fingerprint density at radius 1 is 1.44 bits per heavy atom. The third-order valence-corrected chi connectivity index (χ3v) is 4.43. The summed E-state index contributed by atoms with van der Waals surface area (Å²) in [6.45, 7) is 2.93. The fraction of sp³-hybridized carbons (Fsp3) is 0.833. The lowest BCUT2D eigenvalue weighted by Crippen LogP contribution is -2.39. The van der Waals surface area contributed by atoms with Gasteiger partial charge in [-0.3, -0.25) is 4.79 Å². The lowest BCUT2D eigenvalue weighted by molar-refractivity contribution is -0.141. The van der Waals surface area contributed by atoms with Crippen molar-refractivity contribution in [3.63, 3.8) is 0 Å². The molecule has 5 nitrogen and oxygen atoms in total. The number of carboxylic acid groups (broad SMARTS) is 1. The number of nitrogens with one attached hydrogen (secondary N) is 2. The molecule has 18 heavy (non-hydrogen) atoms. The second-order valence-electron chi connectivity index (χ2n) is 4.65. The number of carbonyl (C=O) groups is 2. The average molecular weight is 274 g/mol. The van der Waals surface area contributed by atoms with Crippen molar-refractivity contribution >= 4 is 23.8 Å². The van der Waals surface area contributed by atoms with Crippen LogP contribution >= 0.6 is 11.8 Å². The summed E-state index contributed by atoms with van der Waals surface area (Å²) in [5, 5.41) is 14.8. The van der Waals surface area contributed by atoms with Crippen molar-refractivity contribution in [2.45, 2.75) is 37.9 Å². The molecule has 0 saturated carbocycles. The molecule has 104 valence electrons. The van der Waals surface area contributed by atoms with E-state index in [9.17, 15) is 9.59 Å². The van der Waals surface area contributed by atoms with Gasteiger partial charge in [0.15, 0.2) is 0 Å². The average Bonchev–Trinajstić information content (AvgIpc) is 2.84. The minimum absolute atomic E-state index is 0.148. The summed E-state index contributed by atoms with van der Waals surface area (Å²) in [6.07, 6.45) is 3.71. The zero-order chi connectivity index (χ0) is 13.4. The second kappa shape index (κ2) is 8.24. The summed E-state index contributed by atoms with van der Waals surface area (Å²) in [6, 6.07) is -0.148. The van der Waals surface area contributed by atoms with Crippen LogP contribution in [0.1, 0.15) is 32.6 Å². The van der Waals surface area contributed by atoms with E-state index in [-0.39, 0.29) is 11.9 Å². The van der Waals surface area contributed by atoms with Gasteiger partial charge in [-0.25, -0.2) is 4.79 Å². The van der Waals surface area contributed by atoms with E-state index in [1.807, 2.05) is 11.8 Å². The van der Waals surface area contributed by atoms with Crippen molar-refractivity contribution in [3.8, 4) is 0 Å². The minimum atomic E-state index is -0.780. The number of urea groups is 1. The number of carbonyl (C=O) groups excluding carboxylic acids is 1. The van der Waals surface area contributed by atoms with E-state index in [1.54, 1.807) is 6.92 Å². The molecule has 3 N–H and O–H groups in total. The normalized spacial score (nSPS) is 20.4. The van der Waals surface area contributed by atoms with E-state index in [4.69, 9.17) is 5.11 Å². The molecule has 1 aliphatic rings. The van der Waals surface area contributed by atoms with Crippen LogP contribution in [0.25, 0.3) is 0 Å². The van der Waals surface area contributed by atoms with E-state index < -0.39 is 5.97 Å². The highest BCUT2D eigenvalue weighted by Crippen LogP contribution is 2.25. The molecule has 0 aromatic heterocycles. The smallest absolute Gasteiger partial charge is 0.314 e. The lowest BCUT2D eigenvalue weighted by Gasteiger charge is -2.11. The molecule has 0 spiro atoms. The van der Waals surface area contributed by atoms with Crippen LogP contribution in [0.4, 0.5) is 4.79 Å². The van der Waals surface area contributed by atoms with Gasteiger partial charge in [0, 0.05) is 18.3 Å². The zero-order valence-electron chi connectivity index (χ0n) is 10.8. The highest BCUT2D eigenvalue weighted by molar-refractivity contribution is 8.00. The molecule has 2 atom stereocenters. The second-order valence-corrected chi connectivity index (χ2v) is 6.06. The first-order valence-corrected chi connectivity index (χ1v) is 7.50. The molecule has 2 amide bonds. The molecule has 1 aliphatic heterocycles. The minimum Gasteiger partial charge on any atom is -0.481 e. The highest BCUT2D eigenvalue weighted by Gasteiger charge is 2.16. The molecule has 0 aromatic rings. The van der Waals surface area contributed by atoms with Crippen molar-refractivity contribution in [2.75, 3.05) is 18.8 Å². The molecular weight excluding hydrogens is 252 g/mol. The Morgan fingerprint density at radius 2 is 2.22 bits per heavy atom. The van der Waals surface area contributed by atoms with Crippen molar-refractivity contribution in [1.29, 1.82) is 0 Å². The van der Waals surface area contributed by atoms with Gasteiger partial charge in [0.1, 0.15) is 0 Å². The number of thioether (sulfide) groups is 1. The Bertz CT molecular complexity index is 280. The van der Waals surface area contributed by atoms with Crippen LogP contribution in [0, 0.1) is 5.92 Å². The van der Waals surface area contributed by atoms with Crippen molar-refractivity contribution < 1.29 is 14.7 Å². The van der Waals surface area contributed by atoms with E-state index >= 15 is 0 Å². The number of hydrogen-bond donors (Lipinski definition) is 3. The first-order chi connectivity index (χ1) is 8.59. The number of carboxylic acids is 1. The third kappa shape index (κ3) is 6.14. The molecule has 0 bridgehead atoms. The van der Waals surface area contributed by atoms with Gasteiger partial charge in [-0.2, -0.15) is 11.8 Å². The topological polar surface area (TPSA) is 78.4 Å². The van der Waals surface area contributed by atoms with E-state index in [0.717, 1.165) is 6.54 Å². The van der Waals surface area contributed by atoms with Gasteiger partial charge in [0.25, 0.3) is 0 Å². The maximum absolute atomic E-state index is 11.4. The van der Waals surface area contributed by atoms with Crippen LogP contribution in [0.15, 0.2) is 0 Å². The van der Waals surface area contributed by atoms with Gasteiger partial charge >= 0.3 is 12.0 Å². The standard InChI is InChI=1S/C12H22N2O3S/c1-9(11(15)16)4-2-6-13-12(17)14-8-10-5-3-7-18-10/h9-10H,2-8H2,1H3,(H,15,16)(H2,13,14,17). The molecule has 0 radical (unpaired) electrons. The van der Waals surface area contributed by atoms with Crippen molar-refractivity contribution in [2.24, 2.45) is 5.92 Å². The molecule has 1 saturated heterocycles. The molecular formula is C12H22N2O3S. The zero-order valence-corrected chi connectivity index (χ0v) is 11.6. The summed E-state index contributed by atoms with van der Waals surface area (Å²) in [5.41, 5.74) is 0. The fourth-order valence-electron chi connectivity index (χ4n) is 1.81. The lowest BCUT2D eigenvalue weighted by atomic mass is 10.1. The van der Waals surface area contributed by atoms with Crippen LogP contribution in [-0.4, -0.2) is 41.2 Å². The highest BCUT2D eigenvalue weighted by atomic mass is 32.2. The van der Waals surface area contributed by atoms with Gasteiger partial charge in [0.05, 0.1) is 5.92 Å². The first kappa shape index (κ1) is 15.1. The van der Waals surface area contributed by atoms with Gasteiger partial charge in [-0.15, -0.1) is 0 Å². The Balaban J connectivity index is 1.97. The third-order valence-electron chi connectivity index (χ3n) is 3.04. The maximum Gasteiger partial charge on any atom is 0.314 e. The largest absolute Gasteiger partial charge is 0.481 e. The Labute approximate surface area is 112 Å². The Kier molecular flexibility index (Phi) is 6.93. The number of amides is 2. The van der Waals surface area contributed by atoms with Gasteiger partial charge in [0.2, 0.25) is 0 Å². The summed E-state index contributed by atoms with van der Waals surface area (Å²) >= 11 is 1.91. The van der Waals surface area contributed by atoms with E-state index in [1.165, 1.54) is 18.6 Å². The van der Waals surface area contributed by atoms with Crippen LogP contribution in [-0.2, 0) is 4.79 Å². The van der Waals surface area contributed by atoms with E-state index in [0.29, 0.717) is 24.6 Å². The number of hydrogen-bond acceptors (Lipinski definition) is 3. The predicted octanol–water partition coefficient (Wildman–Crippen LogP) is 1.68. The van der Waals surface area contributed by atoms with Crippen molar-refractivity contribution in [1.82, 2.24) is 10.6 Å². The predicted molar refractivity (Wildman–Crippen MR) is 72.9 cm³/mol. The monoisotopic (exact) mass is 274 g/mol. The molecule has 0 aliphatic carbocycles. The number of aliphatic carboxylic acids is 1. The van der Waals surface area contributed by atoms with Gasteiger partial charge in [-0.05, 0) is 31.4 Å². The fourth-order valence-corrected chi connectivity index (χ4v) is 3.01.